The lowest BCUT2D eigenvalue weighted by atomic mass is 9.98. The zero-order valence-electron chi connectivity index (χ0n) is 20.3. The largest absolute Gasteiger partial charge is 0.465 e. The molecule has 4 rings (SSSR count). The van der Waals surface area contributed by atoms with Crippen LogP contribution in [-0.4, -0.2) is 52.6 Å². The van der Waals surface area contributed by atoms with Crippen LogP contribution in [0.25, 0.3) is 0 Å². The van der Waals surface area contributed by atoms with E-state index in [0.717, 1.165) is 5.75 Å². The number of hydrogen-bond donors (Lipinski definition) is 2. The molecule has 0 bridgehead atoms. The summed E-state index contributed by atoms with van der Waals surface area (Å²) < 4.78 is 19.5. The molecule has 1 aliphatic rings. The number of carbonyl (C=O) groups excluding carboxylic acids is 1. The molecule has 0 radical (unpaired) electrons. The van der Waals surface area contributed by atoms with Crippen LogP contribution in [0.3, 0.4) is 0 Å². The summed E-state index contributed by atoms with van der Waals surface area (Å²) in [4.78, 5) is 28.5. The number of piperazine rings is 1. The zero-order chi connectivity index (χ0) is 25.7. The number of para-hydroxylation sites is 1. The highest BCUT2D eigenvalue weighted by Crippen LogP contribution is 2.28. The maximum Gasteiger partial charge on any atom is 0.407 e. The first-order valence-corrected chi connectivity index (χ1v) is 11.9. The first-order chi connectivity index (χ1) is 17.3. The van der Waals surface area contributed by atoms with Crippen LogP contribution < -0.4 is 10.1 Å². The number of carbonyl (C=O) groups is 2. The third kappa shape index (κ3) is 5.94. The zero-order valence-corrected chi connectivity index (χ0v) is 20.3. The SMILES string of the molecule is CC(C)[C@@H]1CN(C(=O)C(Nc2ccc(Oc3ccccc3)cc2)c2ccc(F)cc2)CCN1C(=O)O. The first kappa shape index (κ1) is 25.0. The van der Waals surface area contributed by atoms with Crippen molar-refractivity contribution in [1.82, 2.24) is 9.80 Å². The highest BCUT2D eigenvalue weighted by atomic mass is 19.1. The monoisotopic (exact) mass is 491 g/mol. The summed E-state index contributed by atoms with van der Waals surface area (Å²) in [6.45, 7) is 4.72. The Balaban J connectivity index is 1.54. The second kappa shape index (κ2) is 11.1. The van der Waals surface area contributed by atoms with Gasteiger partial charge in [0.05, 0.1) is 6.04 Å². The predicted molar refractivity (Wildman–Crippen MR) is 136 cm³/mol. The standard InChI is InChI=1S/C28H30FN3O4/c1-19(2)25-18-31(16-17-32(25)28(34)35)27(33)26(20-8-10-21(29)11-9-20)30-22-12-14-24(15-13-22)36-23-6-4-3-5-7-23/h3-15,19,25-26,30H,16-18H2,1-2H3,(H,34,35)/t25-,26?/m0/s1. The van der Waals surface area contributed by atoms with Gasteiger partial charge in [-0.2, -0.15) is 0 Å². The Kier molecular flexibility index (Phi) is 7.73. The van der Waals surface area contributed by atoms with E-state index in [1.165, 1.54) is 17.0 Å². The van der Waals surface area contributed by atoms with Gasteiger partial charge in [0.1, 0.15) is 23.4 Å². The van der Waals surface area contributed by atoms with Crippen molar-refractivity contribution in [1.29, 1.82) is 0 Å². The fraction of sp³-hybridized carbons (Fsp3) is 0.286. The van der Waals surface area contributed by atoms with Gasteiger partial charge < -0.3 is 25.0 Å². The topological polar surface area (TPSA) is 82.1 Å². The molecule has 0 aromatic heterocycles. The molecule has 1 unspecified atom stereocenters. The lowest BCUT2D eigenvalue weighted by molar-refractivity contribution is -0.135. The van der Waals surface area contributed by atoms with Crippen molar-refractivity contribution < 1.29 is 23.8 Å². The lowest BCUT2D eigenvalue weighted by Gasteiger charge is -2.43. The van der Waals surface area contributed by atoms with E-state index in [1.54, 1.807) is 17.0 Å². The fourth-order valence-corrected chi connectivity index (χ4v) is 4.35. The van der Waals surface area contributed by atoms with E-state index in [-0.39, 0.29) is 36.8 Å². The summed E-state index contributed by atoms with van der Waals surface area (Å²) in [5, 5.41) is 12.9. The van der Waals surface area contributed by atoms with Crippen molar-refractivity contribution in [2.24, 2.45) is 5.92 Å². The Morgan fingerprint density at radius 2 is 1.58 bits per heavy atom. The Labute approximate surface area is 210 Å². The molecule has 0 saturated carbocycles. The normalized spacial score (nSPS) is 16.5. The number of ether oxygens (including phenoxy) is 1. The fourth-order valence-electron chi connectivity index (χ4n) is 4.35. The lowest BCUT2D eigenvalue weighted by Crippen LogP contribution is -2.59. The summed E-state index contributed by atoms with van der Waals surface area (Å²) in [6.07, 6.45) is -0.980. The van der Waals surface area contributed by atoms with Crippen molar-refractivity contribution >= 4 is 17.7 Å². The third-order valence-electron chi connectivity index (χ3n) is 6.34. The van der Waals surface area contributed by atoms with Gasteiger partial charge in [0.15, 0.2) is 0 Å². The molecule has 1 saturated heterocycles. The molecule has 2 N–H and O–H groups in total. The molecule has 0 aliphatic carbocycles. The maximum atomic E-state index is 13.7. The van der Waals surface area contributed by atoms with E-state index in [4.69, 9.17) is 4.74 Å². The number of amides is 2. The van der Waals surface area contributed by atoms with Gasteiger partial charge in [-0.15, -0.1) is 0 Å². The number of nitrogens with one attached hydrogen (secondary N) is 1. The van der Waals surface area contributed by atoms with E-state index in [1.807, 2.05) is 68.4 Å². The Hall–Kier alpha value is -4.07. The van der Waals surface area contributed by atoms with Crippen molar-refractivity contribution in [2.45, 2.75) is 25.9 Å². The molecule has 8 heteroatoms. The number of nitrogens with zero attached hydrogens (tertiary/aromatic N) is 2. The number of rotatable bonds is 7. The summed E-state index contributed by atoms with van der Waals surface area (Å²) in [5.41, 5.74) is 1.32. The number of anilines is 1. The molecule has 2 amide bonds. The molecule has 1 heterocycles. The van der Waals surface area contributed by atoms with E-state index in [0.29, 0.717) is 23.5 Å². The van der Waals surface area contributed by atoms with E-state index < -0.39 is 12.1 Å². The highest BCUT2D eigenvalue weighted by molar-refractivity contribution is 5.86. The minimum atomic E-state index is -0.980. The van der Waals surface area contributed by atoms with Crippen LogP contribution in [0, 0.1) is 11.7 Å². The molecule has 1 fully saturated rings. The van der Waals surface area contributed by atoms with Crippen molar-refractivity contribution in [3.05, 3.63) is 90.2 Å². The molecular weight excluding hydrogens is 461 g/mol. The minimum absolute atomic E-state index is 0.0473. The molecular formula is C28H30FN3O4. The van der Waals surface area contributed by atoms with Crippen molar-refractivity contribution in [3.63, 3.8) is 0 Å². The quantitative estimate of drug-likeness (QED) is 0.448. The Morgan fingerprint density at radius 1 is 0.944 bits per heavy atom. The number of benzene rings is 3. The predicted octanol–water partition coefficient (Wildman–Crippen LogP) is 5.62. The molecule has 2 atom stereocenters. The maximum absolute atomic E-state index is 13.7. The second-order valence-corrected chi connectivity index (χ2v) is 9.14. The van der Waals surface area contributed by atoms with Crippen LogP contribution in [0.15, 0.2) is 78.9 Å². The second-order valence-electron chi connectivity index (χ2n) is 9.14. The van der Waals surface area contributed by atoms with Gasteiger partial charge in [0.2, 0.25) is 5.91 Å². The summed E-state index contributed by atoms with van der Waals surface area (Å²) >= 11 is 0. The van der Waals surface area contributed by atoms with Crippen LogP contribution in [-0.2, 0) is 4.79 Å². The van der Waals surface area contributed by atoms with Crippen molar-refractivity contribution in [2.75, 3.05) is 25.0 Å². The van der Waals surface area contributed by atoms with Crippen LogP contribution in [0.4, 0.5) is 14.9 Å². The first-order valence-electron chi connectivity index (χ1n) is 11.9. The number of carboxylic acid groups (broad SMARTS) is 1. The van der Waals surface area contributed by atoms with Crippen molar-refractivity contribution in [3.8, 4) is 11.5 Å². The van der Waals surface area contributed by atoms with Crippen LogP contribution in [0.5, 0.6) is 11.5 Å². The van der Waals surface area contributed by atoms with Gasteiger partial charge in [-0.05, 0) is 60.0 Å². The molecule has 36 heavy (non-hydrogen) atoms. The van der Waals surface area contributed by atoms with E-state index in [9.17, 15) is 19.1 Å². The van der Waals surface area contributed by atoms with Crippen LogP contribution in [0.1, 0.15) is 25.5 Å². The average molecular weight is 492 g/mol. The van der Waals surface area contributed by atoms with Gasteiger partial charge in [-0.25, -0.2) is 9.18 Å². The molecule has 3 aromatic rings. The van der Waals surface area contributed by atoms with E-state index in [2.05, 4.69) is 5.32 Å². The molecule has 1 aliphatic heterocycles. The van der Waals surface area contributed by atoms with Gasteiger partial charge in [0, 0.05) is 25.3 Å². The molecule has 3 aromatic carbocycles. The van der Waals surface area contributed by atoms with Crippen LogP contribution >= 0.6 is 0 Å². The Bertz CT molecular complexity index is 1170. The average Bonchev–Trinajstić information content (AvgIpc) is 2.88. The van der Waals surface area contributed by atoms with Gasteiger partial charge >= 0.3 is 6.09 Å². The smallest absolute Gasteiger partial charge is 0.407 e. The van der Waals surface area contributed by atoms with Crippen LogP contribution in [0.2, 0.25) is 0 Å². The van der Waals surface area contributed by atoms with Gasteiger partial charge in [0.25, 0.3) is 0 Å². The number of hydrogen-bond acceptors (Lipinski definition) is 4. The minimum Gasteiger partial charge on any atom is -0.465 e. The Morgan fingerprint density at radius 3 is 2.19 bits per heavy atom. The molecule has 7 nitrogen and oxygen atoms in total. The number of halogens is 1. The molecule has 0 spiro atoms. The molecule has 188 valence electrons. The van der Waals surface area contributed by atoms with E-state index >= 15 is 0 Å². The highest BCUT2D eigenvalue weighted by Gasteiger charge is 2.36. The summed E-state index contributed by atoms with van der Waals surface area (Å²) in [6, 6.07) is 21.4. The summed E-state index contributed by atoms with van der Waals surface area (Å²) in [7, 11) is 0. The summed E-state index contributed by atoms with van der Waals surface area (Å²) in [5.74, 6) is 0.842. The van der Waals surface area contributed by atoms with Gasteiger partial charge in [-0.1, -0.05) is 44.2 Å². The van der Waals surface area contributed by atoms with Gasteiger partial charge in [-0.3, -0.25) is 4.79 Å². The third-order valence-corrected chi connectivity index (χ3v) is 6.34.